The van der Waals surface area contributed by atoms with Gasteiger partial charge in [0.05, 0.1) is 11.7 Å². The minimum atomic E-state index is -0.0517. The fraction of sp³-hybridized carbons (Fsp3) is 0.154. The fourth-order valence-electron chi connectivity index (χ4n) is 4.22. The third-order valence-corrected chi connectivity index (χ3v) is 6.01. The Hall–Kier alpha value is -3.64. The molecule has 0 unspecified atom stereocenters. The van der Waals surface area contributed by atoms with Gasteiger partial charge < -0.3 is 19.5 Å². The van der Waals surface area contributed by atoms with E-state index in [2.05, 4.69) is 57.2 Å². The second kappa shape index (κ2) is 8.85. The standard InChI is InChI=1S/C26H24N4OS/c1-2-29-18-8-12-23(29)25-24(22-11-6-7-17-27-22)28-26(32)30(25)19-13-15-21(16-14-19)31-20-9-4-3-5-10-20/h3-18,24-25H,2H2,1H3,(H,28,32)/t24-,25+/m0/s1. The molecule has 3 heterocycles. The van der Waals surface area contributed by atoms with Crippen LogP contribution in [-0.2, 0) is 6.54 Å². The highest BCUT2D eigenvalue weighted by molar-refractivity contribution is 7.80. The Morgan fingerprint density at radius 2 is 1.66 bits per heavy atom. The predicted molar refractivity (Wildman–Crippen MR) is 131 cm³/mol. The van der Waals surface area contributed by atoms with Crippen LogP contribution in [0.25, 0.3) is 0 Å². The topological polar surface area (TPSA) is 42.3 Å². The van der Waals surface area contributed by atoms with E-state index in [1.165, 1.54) is 5.69 Å². The van der Waals surface area contributed by atoms with E-state index in [0.717, 1.165) is 29.4 Å². The summed E-state index contributed by atoms with van der Waals surface area (Å²) in [4.78, 5) is 6.80. The maximum absolute atomic E-state index is 5.97. The van der Waals surface area contributed by atoms with Gasteiger partial charge in [-0.25, -0.2) is 0 Å². The molecule has 1 aliphatic rings. The summed E-state index contributed by atoms with van der Waals surface area (Å²) in [6, 6.07) is 28.0. The van der Waals surface area contributed by atoms with Crippen molar-refractivity contribution in [3.8, 4) is 11.5 Å². The number of rotatable bonds is 6. The minimum Gasteiger partial charge on any atom is -0.457 e. The Morgan fingerprint density at radius 1 is 0.906 bits per heavy atom. The monoisotopic (exact) mass is 440 g/mol. The van der Waals surface area contributed by atoms with E-state index in [4.69, 9.17) is 17.0 Å². The zero-order chi connectivity index (χ0) is 21.9. The van der Waals surface area contributed by atoms with Crippen molar-refractivity contribution >= 4 is 23.0 Å². The highest BCUT2D eigenvalue weighted by Crippen LogP contribution is 2.42. The average Bonchev–Trinajstić information content (AvgIpc) is 3.44. The third-order valence-electron chi connectivity index (χ3n) is 5.70. The molecule has 4 aromatic rings. The van der Waals surface area contributed by atoms with Crippen molar-refractivity contribution in [2.45, 2.75) is 25.6 Å². The van der Waals surface area contributed by atoms with E-state index in [0.29, 0.717) is 5.11 Å². The van der Waals surface area contributed by atoms with Gasteiger partial charge in [-0.05, 0) is 79.8 Å². The molecule has 0 aliphatic carbocycles. The lowest BCUT2D eigenvalue weighted by molar-refractivity contribution is 0.482. The highest BCUT2D eigenvalue weighted by Gasteiger charge is 2.41. The molecule has 1 aliphatic heterocycles. The van der Waals surface area contributed by atoms with Crippen molar-refractivity contribution in [2.24, 2.45) is 0 Å². The van der Waals surface area contributed by atoms with Gasteiger partial charge in [-0.3, -0.25) is 4.98 Å². The van der Waals surface area contributed by atoms with Gasteiger partial charge in [-0.15, -0.1) is 0 Å². The fourth-order valence-corrected chi connectivity index (χ4v) is 4.56. The summed E-state index contributed by atoms with van der Waals surface area (Å²) in [6.45, 7) is 3.04. The number of nitrogens with zero attached hydrogens (tertiary/aromatic N) is 3. The van der Waals surface area contributed by atoms with Crippen LogP contribution in [0.5, 0.6) is 11.5 Å². The number of aryl methyl sites for hydroxylation is 1. The van der Waals surface area contributed by atoms with Gasteiger partial charge in [0.25, 0.3) is 0 Å². The number of thiocarbonyl (C=S) groups is 1. The average molecular weight is 441 g/mol. The van der Waals surface area contributed by atoms with Crippen molar-refractivity contribution in [3.05, 3.63) is 109 Å². The highest BCUT2D eigenvalue weighted by atomic mass is 32.1. The van der Waals surface area contributed by atoms with Gasteiger partial charge in [0.2, 0.25) is 0 Å². The van der Waals surface area contributed by atoms with Crippen LogP contribution in [0.15, 0.2) is 97.3 Å². The van der Waals surface area contributed by atoms with E-state index in [1.54, 1.807) is 0 Å². The number of para-hydroxylation sites is 1. The molecular formula is C26H24N4OS. The first-order valence-electron chi connectivity index (χ1n) is 10.7. The Balaban J connectivity index is 1.50. The van der Waals surface area contributed by atoms with Crippen LogP contribution in [0, 0.1) is 0 Å². The summed E-state index contributed by atoms with van der Waals surface area (Å²) in [5.74, 6) is 1.60. The molecule has 6 heteroatoms. The number of hydrogen-bond donors (Lipinski definition) is 1. The Kier molecular flexibility index (Phi) is 5.60. The number of benzene rings is 2. The van der Waals surface area contributed by atoms with Gasteiger partial charge in [-0.2, -0.15) is 0 Å². The molecule has 5 rings (SSSR count). The molecule has 5 nitrogen and oxygen atoms in total. The minimum absolute atomic E-state index is 0.0201. The van der Waals surface area contributed by atoms with Gasteiger partial charge in [0.15, 0.2) is 5.11 Å². The van der Waals surface area contributed by atoms with Crippen LogP contribution in [0.1, 0.15) is 30.4 Å². The molecule has 0 spiro atoms. The molecule has 0 amide bonds. The molecule has 2 atom stereocenters. The second-order valence-electron chi connectivity index (χ2n) is 7.62. The molecule has 1 fully saturated rings. The molecule has 0 bridgehead atoms. The number of aromatic nitrogens is 2. The summed E-state index contributed by atoms with van der Waals surface area (Å²) in [6.07, 6.45) is 3.94. The number of pyridine rings is 1. The van der Waals surface area contributed by atoms with Crippen molar-refractivity contribution in [1.29, 1.82) is 0 Å². The molecule has 0 saturated carbocycles. The number of ether oxygens (including phenoxy) is 1. The van der Waals surface area contributed by atoms with Crippen LogP contribution in [0.4, 0.5) is 5.69 Å². The van der Waals surface area contributed by atoms with Crippen LogP contribution < -0.4 is 15.0 Å². The Labute approximate surface area is 193 Å². The van der Waals surface area contributed by atoms with Crippen molar-refractivity contribution in [3.63, 3.8) is 0 Å². The predicted octanol–water partition coefficient (Wildman–Crippen LogP) is 5.87. The normalized spacial score (nSPS) is 17.9. The van der Waals surface area contributed by atoms with Crippen molar-refractivity contribution in [1.82, 2.24) is 14.9 Å². The third kappa shape index (κ3) is 3.85. The summed E-state index contributed by atoms with van der Waals surface area (Å²) < 4.78 is 8.23. The van der Waals surface area contributed by atoms with Crippen LogP contribution in [0.3, 0.4) is 0 Å². The largest absolute Gasteiger partial charge is 0.457 e. The molecule has 0 radical (unpaired) electrons. The van der Waals surface area contributed by atoms with E-state index in [1.807, 2.05) is 66.9 Å². The number of anilines is 1. The lowest BCUT2D eigenvalue weighted by atomic mass is 10.0. The van der Waals surface area contributed by atoms with Crippen LogP contribution >= 0.6 is 12.2 Å². The number of hydrogen-bond acceptors (Lipinski definition) is 3. The van der Waals surface area contributed by atoms with E-state index in [9.17, 15) is 0 Å². The van der Waals surface area contributed by atoms with Crippen molar-refractivity contribution in [2.75, 3.05) is 4.90 Å². The SMILES string of the molecule is CCn1cccc1[C@@H]1[C@H](c2ccccn2)NC(=S)N1c1ccc(Oc2ccccc2)cc1. The first kappa shape index (κ1) is 20.3. The summed E-state index contributed by atoms with van der Waals surface area (Å²) in [5, 5.41) is 4.20. The summed E-state index contributed by atoms with van der Waals surface area (Å²) in [5.41, 5.74) is 3.17. The Bertz CT molecular complexity index is 1190. The van der Waals surface area contributed by atoms with Crippen LogP contribution in [-0.4, -0.2) is 14.7 Å². The van der Waals surface area contributed by atoms with Crippen molar-refractivity contribution < 1.29 is 4.74 Å². The molecule has 2 aromatic heterocycles. The zero-order valence-corrected chi connectivity index (χ0v) is 18.6. The lowest BCUT2D eigenvalue weighted by Gasteiger charge is -2.29. The first-order valence-corrected chi connectivity index (χ1v) is 11.1. The first-order chi connectivity index (χ1) is 15.7. The maximum atomic E-state index is 5.97. The molecule has 160 valence electrons. The number of nitrogens with one attached hydrogen (secondary N) is 1. The Morgan fingerprint density at radius 3 is 2.38 bits per heavy atom. The summed E-state index contributed by atoms with van der Waals surface area (Å²) in [7, 11) is 0. The quantitative estimate of drug-likeness (QED) is 0.380. The van der Waals surface area contributed by atoms with Gasteiger partial charge in [0.1, 0.15) is 17.5 Å². The molecule has 32 heavy (non-hydrogen) atoms. The summed E-state index contributed by atoms with van der Waals surface area (Å²) >= 11 is 5.81. The lowest BCUT2D eigenvalue weighted by Crippen LogP contribution is -2.30. The maximum Gasteiger partial charge on any atom is 0.174 e. The molecular weight excluding hydrogens is 416 g/mol. The molecule has 1 saturated heterocycles. The molecule has 2 aromatic carbocycles. The van der Waals surface area contributed by atoms with Gasteiger partial charge in [0, 0.05) is 30.3 Å². The van der Waals surface area contributed by atoms with E-state index in [-0.39, 0.29) is 12.1 Å². The smallest absolute Gasteiger partial charge is 0.174 e. The zero-order valence-electron chi connectivity index (χ0n) is 17.8. The van der Waals surface area contributed by atoms with Gasteiger partial charge in [-0.1, -0.05) is 24.3 Å². The van der Waals surface area contributed by atoms with Crippen LogP contribution in [0.2, 0.25) is 0 Å². The molecule has 1 N–H and O–H groups in total. The van der Waals surface area contributed by atoms with E-state index < -0.39 is 0 Å². The second-order valence-corrected chi connectivity index (χ2v) is 8.01. The van der Waals surface area contributed by atoms with Gasteiger partial charge >= 0.3 is 0 Å². The van der Waals surface area contributed by atoms with E-state index >= 15 is 0 Å².